The van der Waals surface area contributed by atoms with E-state index < -0.39 is 0 Å². The minimum atomic E-state index is -0.111. The molecule has 3 rings (SSSR count). The Kier molecular flexibility index (Phi) is 2.38. The topological polar surface area (TPSA) is 32.3 Å². The van der Waals surface area contributed by atoms with Crippen LogP contribution in [0.1, 0.15) is 5.56 Å². The molecule has 1 amide bonds. The average Bonchev–Trinajstić information content (AvgIpc) is 2.66. The molecule has 0 spiro atoms. The molecule has 2 aromatic rings. The van der Waals surface area contributed by atoms with E-state index >= 15 is 0 Å². The minimum absolute atomic E-state index is 0.111. The second-order valence-corrected chi connectivity index (χ2v) is 4.11. The fourth-order valence-corrected chi connectivity index (χ4v) is 2.04. The number of hydrogen-bond acceptors (Lipinski definition) is 2. The van der Waals surface area contributed by atoms with Gasteiger partial charge in [-0.05, 0) is 18.2 Å². The third-order valence-electron chi connectivity index (χ3n) is 2.95. The quantitative estimate of drug-likeness (QED) is 0.813. The molecule has 1 aliphatic heterocycles. The molecular weight excluding hydrogens is 224 g/mol. The SMILES string of the molecule is C=C1C(=O)N(Nc2ccccc2)c2ccccc21. The molecule has 18 heavy (non-hydrogen) atoms. The molecule has 0 saturated carbocycles. The first-order valence-corrected chi connectivity index (χ1v) is 5.72. The summed E-state index contributed by atoms with van der Waals surface area (Å²) in [4.78, 5) is 12.1. The molecule has 0 saturated heterocycles. The molecule has 0 bridgehead atoms. The molecule has 88 valence electrons. The van der Waals surface area contributed by atoms with E-state index in [0.29, 0.717) is 5.57 Å². The molecule has 0 aromatic heterocycles. The number of hydrogen-bond donors (Lipinski definition) is 1. The van der Waals surface area contributed by atoms with Crippen LogP contribution in [-0.4, -0.2) is 5.91 Å². The van der Waals surface area contributed by atoms with Gasteiger partial charge < -0.3 is 0 Å². The first-order valence-electron chi connectivity index (χ1n) is 5.72. The summed E-state index contributed by atoms with van der Waals surface area (Å²) in [5.74, 6) is -0.111. The number of rotatable bonds is 2. The number of anilines is 2. The molecule has 0 unspecified atom stereocenters. The number of para-hydroxylation sites is 2. The summed E-state index contributed by atoms with van der Waals surface area (Å²) in [7, 11) is 0. The summed E-state index contributed by atoms with van der Waals surface area (Å²) >= 11 is 0. The van der Waals surface area contributed by atoms with Crippen LogP contribution in [0.3, 0.4) is 0 Å². The maximum Gasteiger partial charge on any atom is 0.277 e. The molecule has 0 radical (unpaired) electrons. The molecule has 0 atom stereocenters. The van der Waals surface area contributed by atoms with Gasteiger partial charge in [-0.1, -0.05) is 43.0 Å². The maximum absolute atomic E-state index is 12.1. The third kappa shape index (κ3) is 1.57. The maximum atomic E-state index is 12.1. The number of carbonyl (C=O) groups excluding carboxylic acids is 1. The second-order valence-electron chi connectivity index (χ2n) is 4.11. The minimum Gasteiger partial charge on any atom is -0.291 e. The highest BCUT2D eigenvalue weighted by atomic mass is 16.2. The zero-order valence-corrected chi connectivity index (χ0v) is 9.76. The number of hydrazine groups is 1. The van der Waals surface area contributed by atoms with Crippen molar-refractivity contribution in [2.24, 2.45) is 0 Å². The van der Waals surface area contributed by atoms with Gasteiger partial charge in [-0.3, -0.25) is 10.2 Å². The first-order chi connectivity index (χ1) is 8.77. The van der Waals surface area contributed by atoms with Gasteiger partial charge in [0.15, 0.2) is 0 Å². The lowest BCUT2D eigenvalue weighted by atomic mass is 10.1. The standard InChI is InChI=1S/C15H12N2O/c1-11-13-9-5-6-10-14(13)17(15(11)18)16-12-7-3-2-4-8-12/h2-10,16H,1H2. The molecule has 1 heterocycles. The lowest BCUT2D eigenvalue weighted by Crippen LogP contribution is -2.32. The Morgan fingerprint density at radius 3 is 2.39 bits per heavy atom. The zero-order chi connectivity index (χ0) is 12.5. The van der Waals surface area contributed by atoms with Crippen molar-refractivity contribution >= 4 is 22.9 Å². The lowest BCUT2D eigenvalue weighted by molar-refractivity contribution is -0.112. The predicted molar refractivity (Wildman–Crippen MR) is 73.0 cm³/mol. The van der Waals surface area contributed by atoms with E-state index in [1.54, 1.807) is 0 Å². The number of benzene rings is 2. The number of carbonyl (C=O) groups is 1. The van der Waals surface area contributed by atoms with Crippen molar-refractivity contribution in [2.45, 2.75) is 0 Å². The average molecular weight is 236 g/mol. The summed E-state index contributed by atoms with van der Waals surface area (Å²) < 4.78 is 0. The number of nitrogens with zero attached hydrogens (tertiary/aromatic N) is 1. The van der Waals surface area contributed by atoms with E-state index in [0.717, 1.165) is 16.9 Å². The molecule has 3 heteroatoms. The molecule has 0 aliphatic carbocycles. The Bertz CT molecular complexity index is 619. The van der Waals surface area contributed by atoms with Crippen molar-refractivity contribution in [1.82, 2.24) is 0 Å². The van der Waals surface area contributed by atoms with Gasteiger partial charge in [0, 0.05) is 11.1 Å². The third-order valence-corrected chi connectivity index (χ3v) is 2.95. The summed E-state index contributed by atoms with van der Waals surface area (Å²) in [5, 5.41) is 1.53. The Labute approximate surface area is 105 Å². The van der Waals surface area contributed by atoms with E-state index in [1.165, 1.54) is 5.01 Å². The molecular formula is C15H12N2O. The van der Waals surface area contributed by atoms with Gasteiger partial charge in [0.1, 0.15) is 0 Å². The van der Waals surface area contributed by atoms with Gasteiger partial charge in [0.2, 0.25) is 0 Å². The van der Waals surface area contributed by atoms with E-state index in [4.69, 9.17) is 0 Å². The van der Waals surface area contributed by atoms with Crippen LogP contribution < -0.4 is 10.4 Å². The van der Waals surface area contributed by atoms with Crippen molar-refractivity contribution in [2.75, 3.05) is 10.4 Å². The van der Waals surface area contributed by atoms with Crippen molar-refractivity contribution in [1.29, 1.82) is 0 Å². The molecule has 1 aliphatic rings. The fourth-order valence-electron chi connectivity index (χ4n) is 2.04. The van der Waals surface area contributed by atoms with Crippen LogP contribution in [0, 0.1) is 0 Å². The van der Waals surface area contributed by atoms with Crippen molar-refractivity contribution in [3.05, 3.63) is 66.7 Å². The lowest BCUT2D eigenvalue weighted by Gasteiger charge is -2.19. The van der Waals surface area contributed by atoms with Gasteiger partial charge in [-0.2, -0.15) is 0 Å². The summed E-state index contributed by atoms with van der Waals surface area (Å²) in [6, 6.07) is 17.2. The fraction of sp³-hybridized carbons (Fsp3) is 0. The Balaban J connectivity index is 1.99. The van der Waals surface area contributed by atoms with Gasteiger partial charge in [0.25, 0.3) is 5.91 Å². The first kappa shape index (κ1) is 10.6. The van der Waals surface area contributed by atoms with E-state index in [1.807, 2.05) is 54.6 Å². The van der Waals surface area contributed by atoms with Crippen LogP contribution in [0.15, 0.2) is 61.2 Å². The Morgan fingerprint density at radius 1 is 0.944 bits per heavy atom. The van der Waals surface area contributed by atoms with E-state index in [2.05, 4.69) is 12.0 Å². The van der Waals surface area contributed by atoms with Crippen LogP contribution in [0.4, 0.5) is 11.4 Å². The highest BCUT2D eigenvalue weighted by Crippen LogP contribution is 2.35. The van der Waals surface area contributed by atoms with E-state index in [-0.39, 0.29) is 5.91 Å². The summed E-state index contributed by atoms with van der Waals surface area (Å²) in [6.45, 7) is 3.84. The number of nitrogens with one attached hydrogen (secondary N) is 1. The van der Waals surface area contributed by atoms with Crippen molar-refractivity contribution in [3.8, 4) is 0 Å². The van der Waals surface area contributed by atoms with Gasteiger partial charge in [-0.15, -0.1) is 0 Å². The normalized spacial score (nSPS) is 13.7. The molecule has 3 nitrogen and oxygen atoms in total. The van der Waals surface area contributed by atoms with Gasteiger partial charge >= 0.3 is 0 Å². The molecule has 0 fully saturated rings. The van der Waals surface area contributed by atoms with Crippen LogP contribution >= 0.6 is 0 Å². The predicted octanol–water partition coefficient (Wildman–Crippen LogP) is 3.07. The summed E-state index contributed by atoms with van der Waals surface area (Å²) in [6.07, 6.45) is 0. The van der Waals surface area contributed by atoms with Crippen molar-refractivity contribution in [3.63, 3.8) is 0 Å². The van der Waals surface area contributed by atoms with Crippen LogP contribution in [0.2, 0.25) is 0 Å². The van der Waals surface area contributed by atoms with Crippen LogP contribution in [0.5, 0.6) is 0 Å². The van der Waals surface area contributed by atoms with Gasteiger partial charge in [0.05, 0.1) is 11.4 Å². The van der Waals surface area contributed by atoms with Crippen molar-refractivity contribution < 1.29 is 4.79 Å². The monoisotopic (exact) mass is 236 g/mol. The number of fused-ring (bicyclic) bond motifs is 1. The zero-order valence-electron chi connectivity index (χ0n) is 9.76. The largest absolute Gasteiger partial charge is 0.291 e. The molecule has 1 N–H and O–H groups in total. The smallest absolute Gasteiger partial charge is 0.277 e. The van der Waals surface area contributed by atoms with Crippen LogP contribution in [0.25, 0.3) is 5.57 Å². The van der Waals surface area contributed by atoms with Crippen LogP contribution in [-0.2, 0) is 4.79 Å². The molecule has 2 aromatic carbocycles. The van der Waals surface area contributed by atoms with E-state index in [9.17, 15) is 4.79 Å². The summed E-state index contributed by atoms with van der Waals surface area (Å²) in [5.41, 5.74) is 6.22. The Hall–Kier alpha value is -2.55. The second kappa shape index (κ2) is 4.04. The Morgan fingerprint density at radius 2 is 1.61 bits per heavy atom. The number of amides is 1. The highest BCUT2D eigenvalue weighted by Gasteiger charge is 2.30. The van der Waals surface area contributed by atoms with Gasteiger partial charge in [-0.25, -0.2) is 5.01 Å². The highest BCUT2D eigenvalue weighted by molar-refractivity contribution is 6.32.